The summed E-state index contributed by atoms with van der Waals surface area (Å²) in [6, 6.07) is 7.44. The second kappa shape index (κ2) is 5.54. The number of carbonyl (C=O) groups is 1. The van der Waals surface area contributed by atoms with Crippen LogP contribution in [-0.4, -0.2) is 11.7 Å². The van der Waals surface area contributed by atoms with Crippen molar-refractivity contribution in [2.75, 3.05) is 5.32 Å². The van der Waals surface area contributed by atoms with E-state index in [1.807, 2.05) is 13.0 Å². The Balaban J connectivity index is 2.85. The van der Waals surface area contributed by atoms with Gasteiger partial charge < -0.3 is 4.74 Å². The summed E-state index contributed by atoms with van der Waals surface area (Å²) in [6.07, 6.45) is 0.296. The average Bonchev–Trinajstić information content (AvgIpc) is 2.27. The molecule has 1 aromatic carbocycles. The molecule has 0 aliphatic rings. The van der Waals surface area contributed by atoms with E-state index >= 15 is 0 Å². The second-order valence-electron chi connectivity index (χ2n) is 4.97. The molecule has 18 heavy (non-hydrogen) atoms. The molecule has 1 amide bonds. The number of benzene rings is 1. The maximum absolute atomic E-state index is 11.6. The Hall–Kier alpha value is -2.02. The van der Waals surface area contributed by atoms with E-state index in [0.29, 0.717) is 11.3 Å². The summed E-state index contributed by atoms with van der Waals surface area (Å²) in [6.45, 7) is 7.38. The first-order chi connectivity index (χ1) is 8.35. The van der Waals surface area contributed by atoms with Gasteiger partial charge in [0.05, 0.1) is 11.3 Å². The highest BCUT2D eigenvalue weighted by molar-refractivity contribution is 5.86. The van der Waals surface area contributed by atoms with Crippen LogP contribution in [0.4, 0.5) is 10.5 Å². The molecule has 0 saturated carbocycles. The Labute approximate surface area is 108 Å². The molecule has 0 radical (unpaired) electrons. The van der Waals surface area contributed by atoms with Gasteiger partial charge in [0, 0.05) is 0 Å². The molecule has 0 saturated heterocycles. The molecule has 96 valence electrons. The SMILES string of the molecule is CCc1ccc(NC(=O)OC(C)(C)C)c(C#N)c1. The topological polar surface area (TPSA) is 62.1 Å². The number of carbonyl (C=O) groups excluding carboxylic acids is 1. The van der Waals surface area contributed by atoms with Crippen molar-refractivity contribution < 1.29 is 9.53 Å². The quantitative estimate of drug-likeness (QED) is 0.869. The Morgan fingerprint density at radius 2 is 2.11 bits per heavy atom. The van der Waals surface area contributed by atoms with E-state index in [1.54, 1.807) is 32.9 Å². The molecule has 0 aromatic heterocycles. The number of nitrogens with zero attached hydrogens (tertiary/aromatic N) is 1. The fraction of sp³-hybridized carbons (Fsp3) is 0.429. The van der Waals surface area contributed by atoms with E-state index in [2.05, 4.69) is 11.4 Å². The number of anilines is 1. The van der Waals surface area contributed by atoms with Gasteiger partial charge in [-0.2, -0.15) is 5.26 Å². The summed E-state index contributed by atoms with van der Waals surface area (Å²) in [5, 5.41) is 11.6. The summed E-state index contributed by atoms with van der Waals surface area (Å²) in [5.74, 6) is 0. The number of hydrogen-bond donors (Lipinski definition) is 1. The van der Waals surface area contributed by atoms with Gasteiger partial charge in [-0.05, 0) is 44.9 Å². The molecule has 1 aromatic rings. The Bertz CT molecular complexity index is 482. The summed E-state index contributed by atoms with van der Waals surface area (Å²) in [7, 11) is 0. The molecule has 4 nitrogen and oxygen atoms in total. The molecule has 0 atom stereocenters. The third-order valence-corrected chi connectivity index (χ3v) is 2.25. The van der Waals surface area contributed by atoms with Crippen LogP contribution in [0.1, 0.15) is 38.8 Å². The standard InChI is InChI=1S/C14H18N2O2/c1-5-10-6-7-12(11(8-10)9-15)16-13(17)18-14(2,3)4/h6-8H,5H2,1-4H3,(H,16,17). The van der Waals surface area contributed by atoms with Gasteiger partial charge in [-0.1, -0.05) is 13.0 Å². The summed E-state index contributed by atoms with van der Waals surface area (Å²) < 4.78 is 5.14. The second-order valence-corrected chi connectivity index (χ2v) is 4.97. The molecule has 0 spiro atoms. The molecule has 0 aliphatic carbocycles. The lowest BCUT2D eigenvalue weighted by Crippen LogP contribution is -2.27. The van der Waals surface area contributed by atoms with Crippen molar-refractivity contribution in [3.8, 4) is 6.07 Å². The first-order valence-electron chi connectivity index (χ1n) is 5.88. The molecule has 0 unspecified atom stereocenters. The molecule has 1 N–H and O–H groups in total. The maximum atomic E-state index is 11.6. The highest BCUT2D eigenvalue weighted by Gasteiger charge is 2.17. The zero-order chi connectivity index (χ0) is 13.8. The molecule has 0 heterocycles. The average molecular weight is 246 g/mol. The lowest BCUT2D eigenvalue weighted by Gasteiger charge is -2.20. The van der Waals surface area contributed by atoms with Gasteiger partial charge in [0.25, 0.3) is 0 Å². The lowest BCUT2D eigenvalue weighted by molar-refractivity contribution is 0.0636. The minimum atomic E-state index is -0.555. The van der Waals surface area contributed by atoms with E-state index in [0.717, 1.165) is 12.0 Å². The Morgan fingerprint density at radius 1 is 1.44 bits per heavy atom. The minimum Gasteiger partial charge on any atom is -0.444 e. The zero-order valence-electron chi connectivity index (χ0n) is 11.2. The normalized spacial score (nSPS) is 10.6. The third-order valence-electron chi connectivity index (χ3n) is 2.25. The van der Waals surface area contributed by atoms with E-state index in [-0.39, 0.29) is 0 Å². The number of amides is 1. The van der Waals surface area contributed by atoms with Gasteiger partial charge in [0.15, 0.2) is 0 Å². The molecular weight excluding hydrogens is 228 g/mol. The van der Waals surface area contributed by atoms with Crippen LogP contribution in [-0.2, 0) is 11.2 Å². The highest BCUT2D eigenvalue weighted by Crippen LogP contribution is 2.18. The number of nitriles is 1. The molecule has 0 aliphatic heterocycles. The van der Waals surface area contributed by atoms with E-state index in [4.69, 9.17) is 10.00 Å². The smallest absolute Gasteiger partial charge is 0.412 e. The van der Waals surface area contributed by atoms with Crippen LogP contribution in [0, 0.1) is 11.3 Å². The Kier molecular flexibility index (Phi) is 4.33. The monoisotopic (exact) mass is 246 g/mol. The van der Waals surface area contributed by atoms with Crippen LogP contribution in [0.5, 0.6) is 0 Å². The number of nitrogens with one attached hydrogen (secondary N) is 1. The van der Waals surface area contributed by atoms with Gasteiger partial charge in [-0.15, -0.1) is 0 Å². The van der Waals surface area contributed by atoms with Crippen molar-refractivity contribution in [3.05, 3.63) is 29.3 Å². The van der Waals surface area contributed by atoms with E-state index in [1.165, 1.54) is 0 Å². The molecule has 1 rings (SSSR count). The fourth-order valence-corrected chi connectivity index (χ4v) is 1.43. The first-order valence-corrected chi connectivity index (χ1v) is 5.88. The largest absolute Gasteiger partial charge is 0.444 e. The van der Waals surface area contributed by atoms with Crippen molar-refractivity contribution in [1.29, 1.82) is 5.26 Å². The van der Waals surface area contributed by atoms with Crippen molar-refractivity contribution in [2.24, 2.45) is 0 Å². The van der Waals surface area contributed by atoms with Gasteiger partial charge in [-0.25, -0.2) is 4.79 Å². The summed E-state index contributed by atoms with van der Waals surface area (Å²) >= 11 is 0. The van der Waals surface area contributed by atoms with E-state index < -0.39 is 11.7 Å². The van der Waals surface area contributed by atoms with Crippen LogP contribution in [0.2, 0.25) is 0 Å². The highest BCUT2D eigenvalue weighted by atomic mass is 16.6. The van der Waals surface area contributed by atoms with Crippen LogP contribution in [0.3, 0.4) is 0 Å². The van der Waals surface area contributed by atoms with Crippen molar-refractivity contribution in [2.45, 2.75) is 39.7 Å². The minimum absolute atomic E-state index is 0.445. The lowest BCUT2D eigenvalue weighted by atomic mass is 10.1. The number of ether oxygens (including phenoxy) is 1. The number of hydrogen-bond acceptors (Lipinski definition) is 3. The first kappa shape index (κ1) is 14.0. The fourth-order valence-electron chi connectivity index (χ4n) is 1.43. The van der Waals surface area contributed by atoms with Crippen molar-refractivity contribution in [1.82, 2.24) is 0 Å². The maximum Gasteiger partial charge on any atom is 0.412 e. The van der Waals surface area contributed by atoms with Crippen LogP contribution >= 0.6 is 0 Å². The van der Waals surface area contributed by atoms with Crippen LogP contribution in [0.15, 0.2) is 18.2 Å². The van der Waals surface area contributed by atoms with Crippen LogP contribution < -0.4 is 5.32 Å². The summed E-state index contributed by atoms with van der Waals surface area (Å²) in [4.78, 5) is 11.6. The van der Waals surface area contributed by atoms with Gasteiger partial charge in [0.1, 0.15) is 11.7 Å². The number of aryl methyl sites for hydroxylation is 1. The van der Waals surface area contributed by atoms with Crippen LogP contribution in [0.25, 0.3) is 0 Å². The van der Waals surface area contributed by atoms with Gasteiger partial charge in [0.2, 0.25) is 0 Å². The van der Waals surface area contributed by atoms with Crippen molar-refractivity contribution >= 4 is 11.8 Å². The Morgan fingerprint density at radius 3 is 2.61 bits per heavy atom. The predicted molar refractivity (Wildman–Crippen MR) is 70.4 cm³/mol. The predicted octanol–water partition coefficient (Wildman–Crippen LogP) is 3.47. The van der Waals surface area contributed by atoms with Gasteiger partial charge in [-0.3, -0.25) is 5.32 Å². The third kappa shape index (κ3) is 4.10. The molecule has 4 heteroatoms. The molecule has 0 fully saturated rings. The van der Waals surface area contributed by atoms with E-state index in [9.17, 15) is 4.79 Å². The van der Waals surface area contributed by atoms with Gasteiger partial charge >= 0.3 is 6.09 Å². The zero-order valence-corrected chi connectivity index (χ0v) is 11.2. The molecular formula is C14H18N2O2. The molecule has 0 bridgehead atoms. The van der Waals surface area contributed by atoms with Crippen molar-refractivity contribution in [3.63, 3.8) is 0 Å². The summed E-state index contributed by atoms with van der Waals surface area (Å²) in [5.41, 5.74) is 1.42. The number of rotatable bonds is 2.